The second-order valence-corrected chi connectivity index (χ2v) is 20.3. The molecule has 9 heteroatoms. The molecular weight excluding hydrogens is 853 g/mol. The summed E-state index contributed by atoms with van der Waals surface area (Å²) in [6.07, 6.45) is 50.2. The number of ether oxygens (including phenoxy) is 3. The number of hydrogen-bond donors (Lipinski definition) is 3. The summed E-state index contributed by atoms with van der Waals surface area (Å²) in [7, 11) is 0. The average molecular weight is 959 g/mol. The molecule has 1 saturated carbocycles. The highest BCUT2D eigenvalue weighted by Gasteiger charge is 2.56. The van der Waals surface area contributed by atoms with Crippen LogP contribution in [0.2, 0.25) is 0 Å². The molecular formula is C59H106O9. The Balaban J connectivity index is 2.46. The maximum absolute atomic E-state index is 13.1. The first kappa shape index (κ1) is 63.5. The lowest BCUT2D eigenvalue weighted by Gasteiger charge is -2.27. The Morgan fingerprint density at radius 2 is 0.765 bits per heavy atom. The molecule has 0 aromatic heterocycles. The Morgan fingerprint density at radius 3 is 1.15 bits per heavy atom. The van der Waals surface area contributed by atoms with E-state index in [1.807, 2.05) is 0 Å². The molecule has 9 nitrogen and oxygen atoms in total. The zero-order chi connectivity index (χ0) is 49.6. The minimum absolute atomic E-state index is 0.104. The topological polar surface area (TPSA) is 140 Å². The third kappa shape index (κ3) is 39.3. The van der Waals surface area contributed by atoms with Crippen LogP contribution in [0.15, 0.2) is 36.5 Å². The Morgan fingerprint density at radius 1 is 0.426 bits per heavy atom. The second-order valence-electron chi connectivity index (χ2n) is 20.3. The van der Waals surface area contributed by atoms with Gasteiger partial charge in [0.15, 0.2) is 11.7 Å². The molecule has 0 spiro atoms. The van der Waals surface area contributed by atoms with Gasteiger partial charge in [-0.15, -0.1) is 0 Å². The van der Waals surface area contributed by atoms with Crippen LogP contribution in [0.5, 0.6) is 0 Å². The zero-order valence-corrected chi connectivity index (χ0v) is 44.3. The lowest BCUT2D eigenvalue weighted by atomic mass is 10.1. The number of aliphatic hydroxyl groups excluding tert-OH is 3. The summed E-state index contributed by atoms with van der Waals surface area (Å²) in [5.74, 6) is -0.944. The molecule has 1 aliphatic rings. The number of allylic oxidation sites excluding steroid dienone is 3. The van der Waals surface area contributed by atoms with E-state index in [0.29, 0.717) is 25.7 Å². The minimum atomic E-state index is -0.928. The predicted molar refractivity (Wildman–Crippen MR) is 281 cm³/mol. The summed E-state index contributed by atoms with van der Waals surface area (Å²) < 4.78 is 17.7. The Hall–Kier alpha value is -2.49. The molecule has 0 amide bonds. The van der Waals surface area contributed by atoms with Gasteiger partial charge in [0.05, 0.1) is 18.3 Å². The lowest BCUT2D eigenvalue weighted by Crippen LogP contribution is -2.41. The van der Waals surface area contributed by atoms with E-state index in [9.17, 15) is 29.7 Å². The van der Waals surface area contributed by atoms with Crippen molar-refractivity contribution in [2.24, 2.45) is 0 Å². The van der Waals surface area contributed by atoms with Crippen LogP contribution in [0.1, 0.15) is 284 Å². The van der Waals surface area contributed by atoms with Crippen molar-refractivity contribution >= 4 is 17.9 Å². The van der Waals surface area contributed by atoms with Gasteiger partial charge >= 0.3 is 17.9 Å². The van der Waals surface area contributed by atoms with Gasteiger partial charge in [0.25, 0.3) is 0 Å². The largest absolute Gasteiger partial charge is 0.462 e. The van der Waals surface area contributed by atoms with Gasteiger partial charge in [-0.05, 0) is 109 Å². The maximum atomic E-state index is 13.1. The van der Waals surface area contributed by atoms with Crippen LogP contribution < -0.4 is 0 Å². The average Bonchev–Trinajstić information content (AvgIpc) is 4.11. The molecule has 0 bridgehead atoms. The van der Waals surface area contributed by atoms with E-state index in [0.717, 1.165) is 173 Å². The van der Waals surface area contributed by atoms with Crippen LogP contribution in [0.4, 0.5) is 0 Å². The highest BCUT2D eigenvalue weighted by Crippen LogP contribution is 2.45. The lowest BCUT2D eigenvalue weighted by molar-refractivity contribution is -0.180. The molecule has 396 valence electrons. The third-order valence-electron chi connectivity index (χ3n) is 13.5. The van der Waals surface area contributed by atoms with Crippen LogP contribution >= 0.6 is 0 Å². The molecule has 68 heavy (non-hydrogen) atoms. The number of carbonyl (C=O) groups excluding carboxylic acids is 3. The van der Waals surface area contributed by atoms with E-state index in [-0.39, 0.29) is 49.2 Å². The molecule has 0 radical (unpaired) electrons. The van der Waals surface area contributed by atoms with E-state index in [2.05, 4.69) is 57.2 Å². The van der Waals surface area contributed by atoms with Crippen molar-refractivity contribution in [3.05, 3.63) is 36.5 Å². The Bertz CT molecular complexity index is 1270. The molecule has 0 aromatic carbocycles. The van der Waals surface area contributed by atoms with Gasteiger partial charge in [-0.1, -0.05) is 192 Å². The normalized spacial score (nSPS) is 15.3. The first-order valence-corrected chi connectivity index (χ1v) is 28.7. The fourth-order valence-electron chi connectivity index (χ4n) is 8.72. The van der Waals surface area contributed by atoms with Crippen molar-refractivity contribution in [2.75, 3.05) is 6.61 Å². The number of aliphatic hydroxyl groups is 3. The SMILES string of the molecule is CCCCCC[C@@H](O)CC=CCCCCCCCC(=O)OCC(OC(=O)CCCCCCCC=CC[C@H](O)CCCCCC)C1(OC(=O)CCCCCCCC=CC[C@H](O)CCCCCC)CC1. The molecule has 1 rings (SSSR count). The van der Waals surface area contributed by atoms with Crippen molar-refractivity contribution < 1.29 is 43.9 Å². The summed E-state index contributed by atoms with van der Waals surface area (Å²) >= 11 is 0. The van der Waals surface area contributed by atoms with Crippen molar-refractivity contribution in [3.63, 3.8) is 0 Å². The monoisotopic (exact) mass is 959 g/mol. The van der Waals surface area contributed by atoms with Gasteiger partial charge in [-0.2, -0.15) is 0 Å². The molecule has 1 aliphatic carbocycles. The smallest absolute Gasteiger partial charge is 0.306 e. The van der Waals surface area contributed by atoms with Gasteiger partial charge in [0.1, 0.15) is 6.61 Å². The minimum Gasteiger partial charge on any atom is -0.462 e. The molecule has 4 atom stereocenters. The molecule has 1 fully saturated rings. The Labute approximate surface area is 417 Å². The Kier molecular flexibility index (Phi) is 42.6. The van der Waals surface area contributed by atoms with E-state index in [1.165, 1.54) is 57.8 Å². The summed E-state index contributed by atoms with van der Waals surface area (Å²) in [4.78, 5) is 39.1. The van der Waals surface area contributed by atoms with Crippen molar-refractivity contribution in [2.45, 2.75) is 314 Å². The molecule has 1 unspecified atom stereocenters. The fraction of sp³-hybridized carbons (Fsp3) is 0.847. The van der Waals surface area contributed by atoms with Crippen LogP contribution in [-0.4, -0.2) is 69.9 Å². The first-order chi connectivity index (χ1) is 33.2. The zero-order valence-electron chi connectivity index (χ0n) is 44.3. The summed E-state index contributed by atoms with van der Waals surface area (Å²) in [6.45, 7) is 6.50. The van der Waals surface area contributed by atoms with E-state index in [4.69, 9.17) is 14.2 Å². The van der Waals surface area contributed by atoms with E-state index in [1.54, 1.807) is 0 Å². The van der Waals surface area contributed by atoms with Gasteiger partial charge < -0.3 is 29.5 Å². The van der Waals surface area contributed by atoms with Gasteiger partial charge in [-0.3, -0.25) is 14.4 Å². The highest BCUT2D eigenvalue weighted by molar-refractivity contribution is 5.72. The summed E-state index contributed by atoms with van der Waals surface area (Å²) in [5.41, 5.74) is -0.928. The van der Waals surface area contributed by atoms with E-state index >= 15 is 0 Å². The summed E-state index contributed by atoms with van der Waals surface area (Å²) in [5, 5.41) is 30.5. The molecule has 0 saturated heterocycles. The summed E-state index contributed by atoms with van der Waals surface area (Å²) in [6, 6.07) is 0. The third-order valence-corrected chi connectivity index (χ3v) is 13.5. The predicted octanol–water partition coefficient (Wildman–Crippen LogP) is 15.5. The van der Waals surface area contributed by atoms with Gasteiger partial charge in [0.2, 0.25) is 0 Å². The quantitative estimate of drug-likeness (QED) is 0.0235. The van der Waals surface area contributed by atoms with Gasteiger partial charge in [0, 0.05) is 19.3 Å². The number of unbranched alkanes of at least 4 members (excludes halogenated alkanes) is 24. The molecule has 0 heterocycles. The van der Waals surface area contributed by atoms with E-state index < -0.39 is 11.7 Å². The molecule has 3 N–H and O–H groups in total. The van der Waals surface area contributed by atoms with Gasteiger partial charge in [-0.25, -0.2) is 0 Å². The van der Waals surface area contributed by atoms with Crippen LogP contribution in [-0.2, 0) is 28.6 Å². The van der Waals surface area contributed by atoms with Crippen LogP contribution in [0.3, 0.4) is 0 Å². The first-order valence-electron chi connectivity index (χ1n) is 28.7. The number of carbonyl (C=O) groups is 3. The van der Waals surface area contributed by atoms with Crippen molar-refractivity contribution in [3.8, 4) is 0 Å². The fourth-order valence-corrected chi connectivity index (χ4v) is 8.72. The maximum Gasteiger partial charge on any atom is 0.306 e. The standard InChI is InChI=1S/C59H106O9/c1-4-7-10-31-40-52(60)43-34-25-19-13-16-22-28-37-46-56(63)66-51-55(67-57(64)47-38-29-23-17-14-20-26-35-44-53(61)41-32-11-8-5-2)59(49-50-59)68-58(65)48-39-30-24-18-15-21-27-36-45-54(62)42-33-12-9-6-3/h25-27,34-36,52-55,60-62H,4-24,28-33,37-51H2,1-3H3/t52-,53-,54-,55?/m1/s1. The molecule has 0 aromatic rings. The highest BCUT2D eigenvalue weighted by atomic mass is 16.6. The van der Waals surface area contributed by atoms with Crippen LogP contribution in [0, 0.1) is 0 Å². The number of hydrogen-bond acceptors (Lipinski definition) is 9. The van der Waals surface area contributed by atoms with Crippen molar-refractivity contribution in [1.29, 1.82) is 0 Å². The second kappa shape index (κ2) is 45.6. The van der Waals surface area contributed by atoms with Crippen LogP contribution in [0.25, 0.3) is 0 Å². The number of rotatable bonds is 50. The van der Waals surface area contributed by atoms with Crippen molar-refractivity contribution in [1.82, 2.24) is 0 Å². The molecule has 0 aliphatic heterocycles. The number of esters is 3.